The van der Waals surface area contributed by atoms with E-state index in [-0.39, 0.29) is 28.9 Å². The van der Waals surface area contributed by atoms with E-state index in [2.05, 4.69) is 15.3 Å². The molecule has 2 aromatic heterocycles. The van der Waals surface area contributed by atoms with Crippen LogP contribution in [0.5, 0.6) is 0 Å². The normalized spacial score (nSPS) is 14.9. The molecule has 1 aliphatic rings. The Labute approximate surface area is 171 Å². The molecular weight excluding hydrogens is 391 g/mol. The lowest BCUT2D eigenvalue weighted by Crippen LogP contribution is -2.30. The summed E-state index contributed by atoms with van der Waals surface area (Å²) >= 11 is 0. The second-order valence-corrected chi connectivity index (χ2v) is 7.31. The van der Waals surface area contributed by atoms with Gasteiger partial charge in [0.2, 0.25) is 5.95 Å². The molecule has 4 rings (SSSR count). The molecule has 30 heavy (non-hydrogen) atoms. The van der Waals surface area contributed by atoms with Gasteiger partial charge in [0.25, 0.3) is 5.91 Å². The van der Waals surface area contributed by atoms with Gasteiger partial charge in [0.1, 0.15) is 5.52 Å². The van der Waals surface area contributed by atoms with Crippen LogP contribution in [0.15, 0.2) is 23.1 Å². The van der Waals surface area contributed by atoms with Crippen LogP contribution in [0, 0.1) is 12.7 Å². The van der Waals surface area contributed by atoms with E-state index in [1.165, 1.54) is 12.1 Å². The molecule has 10 heteroatoms. The van der Waals surface area contributed by atoms with Crippen molar-refractivity contribution in [3.63, 3.8) is 0 Å². The lowest BCUT2D eigenvalue weighted by Gasteiger charge is -2.22. The molecule has 1 saturated heterocycles. The summed E-state index contributed by atoms with van der Waals surface area (Å²) in [6, 6.07) is 2.90. The van der Waals surface area contributed by atoms with Gasteiger partial charge in [0.15, 0.2) is 11.5 Å². The van der Waals surface area contributed by atoms with E-state index < -0.39 is 11.7 Å². The highest BCUT2D eigenvalue weighted by Gasteiger charge is 2.24. The molecule has 1 aliphatic heterocycles. The van der Waals surface area contributed by atoms with Crippen molar-refractivity contribution in [3.05, 3.63) is 45.8 Å². The number of hydrogen-bond acceptors (Lipinski definition) is 6. The van der Waals surface area contributed by atoms with Crippen molar-refractivity contribution in [2.45, 2.75) is 39.3 Å². The number of nitrogens with one attached hydrogen (secondary N) is 1. The fraction of sp³-hybridized carbons (Fsp3) is 0.400. The lowest BCUT2D eigenvalue weighted by molar-refractivity contribution is 0.0694. The fourth-order valence-electron chi connectivity index (χ4n) is 3.86. The Morgan fingerprint density at radius 3 is 2.77 bits per heavy atom. The molecule has 1 aromatic carbocycles. The zero-order chi connectivity index (χ0) is 21.4. The number of imidazole rings is 1. The zero-order valence-electron chi connectivity index (χ0n) is 16.8. The number of fused-ring (bicyclic) bond motifs is 1. The molecule has 0 aliphatic carbocycles. The van der Waals surface area contributed by atoms with Gasteiger partial charge in [0.05, 0.1) is 17.4 Å². The molecule has 1 amide bonds. The van der Waals surface area contributed by atoms with Gasteiger partial charge in [-0.3, -0.25) is 13.9 Å². The standard InChI is InChI=1S/C20H23FN6O3/c1-3-26-15-10-23-19(24-14-9-11(2)8-13(16(14)21)17(22)28)25-18(15)27(20(26)29)12-4-6-30-7-5-12/h8-10,12H,3-7H2,1-2H3,(H2,22,28)(H,23,24,25). The van der Waals surface area contributed by atoms with E-state index >= 15 is 0 Å². The van der Waals surface area contributed by atoms with Crippen molar-refractivity contribution in [1.29, 1.82) is 0 Å². The highest BCUT2D eigenvalue weighted by atomic mass is 19.1. The molecule has 158 valence electrons. The summed E-state index contributed by atoms with van der Waals surface area (Å²) < 4.78 is 23.4. The summed E-state index contributed by atoms with van der Waals surface area (Å²) in [5.74, 6) is -1.51. The Balaban J connectivity index is 1.81. The number of hydrogen-bond donors (Lipinski definition) is 2. The lowest BCUT2D eigenvalue weighted by atomic mass is 10.1. The van der Waals surface area contributed by atoms with Crippen molar-refractivity contribution >= 4 is 28.7 Å². The molecule has 3 heterocycles. The van der Waals surface area contributed by atoms with Gasteiger partial charge < -0.3 is 15.8 Å². The Morgan fingerprint density at radius 1 is 1.37 bits per heavy atom. The minimum Gasteiger partial charge on any atom is -0.381 e. The first kappa shape index (κ1) is 20.0. The Kier molecular flexibility index (Phi) is 5.25. The topological polar surface area (TPSA) is 117 Å². The first-order valence-electron chi connectivity index (χ1n) is 9.83. The van der Waals surface area contributed by atoms with E-state index in [9.17, 15) is 14.0 Å². The van der Waals surface area contributed by atoms with E-state index in [4.69, 9.17) is 10.5 Å². The van der Waals surface area contributed by atoms with Crippen LogP contribution in [0.2, 0.25) is 0 Å². The van der Waals surface area contributed by atoms with Crippen LogP contribution >= 0.6 is 0 Å². The molecule has 0 bridgehead atoms. The summed E-state index contributed by atoms with van der Waals surface area (Å²) in [5.41, 5.74) is 6.70. The third kappa shape index (κ3) is 3.43. The van der Waals surface area contributed by atoms with Crippen LogP contribution in [0.1, 0.15) is 41.7 Å². The molecule has 0 saturated carbocycles. The number of aryl methyl sites for hydroxylation is 2. The van der Waals surface area contributed by atoms with Crippen LogP contribution in [0.3, 0.4) is 0 Å². The average molecular weight is 414 g/mol. The Bertz CT molecular complexity index is 1180. The molecule has 0 radical (unpaired) electrons. The third-order valence-electron chi connectivity index (χ3n) is 5.31. The molecule has 9 nitrogen and oxygen atoms in total. The van der Waals surface area contributed by atoms with Crippen LogP contribution in [-0.2, 0) is 11.3 Å². The first-order valence-corrected chi connectivity index (χ1v) is 9.83. The van der Waals surface area contributed by atoms with E-state index in [0.717, 1.165) is 0 Å². The number of carbonyl (C=O) groups excluding carboxylic acids is 1. The van der Waals surface area contributed by atoms with Crippen molar-refractivity contribution in [2.75, 3.05) is 18.5 Å². The minimum atomic E-state index is -0.857. The summed E-state index contributed by atoms with van der Waals surface area (Å²) in [7, 11) is 0. The number of primary amides is 1. The largest absolute Gasteiger partial charge is 0.381 e. The molecule has 0 unspecified atom stereocenters. The van der Waals surface area contributed by atoms with Crippen molar-refractivity contribution < 1.29 is 13.9 Å². The Morgan fingerprint density at radius 2 is 2.10 bits per heavy atom. The van der Waals surface area contributed by atoms with Crippen LogP contribution in [0.25, 0.3) is 11.2 Å². The van der Waals surface area contributed by atoms with Gasteiger partial charge in [-0.25, -0.2) is 14.2 Å². The molecule has 0 spiro atoms. The first-order chi connectivity index (χ1) is 14.4. The summed E-state index contributed by atoms with van der Waals surface area (Å²) in [6.45, 7) is 5.25. The number of halogens is 1. The van der Waals surface area contributed by atoms with Crippen molar-refractivity contribution in [3.8, 4) is 0 Å². The van der Waals surface area contributed by atoms with Gasteiger partial charge in [-0.15, -0.1) is 0 Å². The van der Waals surface area contributed by atoms with Gasteiger partial charge >= 0.3 is 5.69 Å². The minimum absolute atomic E-state index is 0.0264. The van der Waals surface area contributed by atoms with Gasteiger partial charge in [-0.05, 0) is 44.4 Å². The quantitative estimate of drug-likeness (QED) is 0.661. The number of amides is 1. The van der Waals surface area contributed by atoms with Crippen LogP contribution < -0.4 is 16.7 Å². The van der Waals surface area contributed by atoms with Gasteiger partial charge in [0, 0.05) is 25.8 Å². The predicted molar refractivity (Wildman–Crippen MR) is 109 cm³/mol. The van der Waals surface area contributed by atoms with Crippen molar-refractivity contribution in [2.24, 2.45) is 5.73 Å². The summed E-state index contributed by atoms with van der Waals surface area (Å²) in [6.07, 6.45) is 2.97. The van der Waals surface area contributed by atoms with E-state index in [0.29, 0.717) is 49.3 Å². The Hall–Kier alpha value is -3.27. The number of nitrogens with zero attached hydrogens (tertiary/aromatic N) is 4. The number of anilines is 2. The van der Waals surface area contributed by atoms with Gasteiger partial charge in [-0.1, -0.05) is 0 Å². The number of ether oxygens (including phenoxy) is 1. The fourth-order valence-corrected chi connectivity index (χ4v) is 3.86. The van der Waals surface area contributed by atoms with Crippen LogP contribution in [0.4, 0.5) is 16.0 Å². The number of nitrogens with two attached hydrogens (primary N) is 1. The van der Waals surface area contributed by atoms with E-state index in [1.807, 2.05) is 6.92 Å². The number of carbonyl (C=O) groups is 1. The summed E-state index contributed by atoms with van der Waals surface area (Å²) in [5, 5.41) is 2.82. The molecule has 1 fully saturated rings. The number of rotatable bonds is 5. The zero-order valence-corrected chi connectivity index (χ0v) is 16.8. The monoisotopic (exact) mass is 414 g/mol. The molecule has 3 N–H and O–H groups in total. The number of benzene rings is 1. The second kappa shape index (κ2) is 7.86. The highest BCUT2D eigenvalue weighted by Crippen LogP contribution is 2.26. The predicted octanol–water partition coefficient (Wildman–Crippen LogP) is 2.25. The smallest absolute Gasteiger partial charge is 0.330 e. The molecular formula is C20H23FN6O3. The maximum atomic E-state index is 14.7. The highest BCUT2D eigenvalue weighted by molar-refractivity contribution is 5.94. The maximum absolute atomic E-state index is 14.7. The van der Waals surface area contributed by atoms with Gasteiger partial charge in [-0.2, -0.15) is 4.98 Å². The third-order valence-corrected chi connectivity index (χ3v) is 5.31. The SMILES string of the molecule is CCn1c(=O)n(C2CCOCC2)c2nc(Nc3cc(C)cc(C(N)=O)c3F)ncc21. The molecule has 0 atom stereocenters. The van der Waals surface area contributed by atoms with Crippen LogP contribution in [-0.4, -0.2) is 38.2 Å². The van der Waals surface area contributed by atoms with E-state index in [1.54, 1.807) is 22.3 Å². The average Bonchev–Trinajstić information content (AvgIpc) is 3.01. The maximum Gasteiger partial charge on any atom is 0.330 e. The summed E-state index contributed by atoms with van der Waals surface area (Å²) in [4.78, 5) is 33.3. The number of aromatic nitrogens is 4. The molecule has 3 aromatic rings. The second-order valence-electron chi connectivity index (χ2n) is 7.31. The van der Waals surface area contributed by atoms with Crippen molar-refractivity contribution in [1.82, 2.24) is 19.1 Å².